The molecule has 4 rings (SSSR count). The molecule has 2 unspecified atom stereocenters. The number of anilines is 1. The number of amides is 2. The van der Waals surface area contributed by atoms with E-state index in [1.165, 1.54) is 17.0 Å². The van der Waals surface area contributed by atoms with E-state index in [-0.39, 0.29) is 24.8 Å². The number of carboxylic acid groups (broad SMARTS) is 1. The quantitative estimate of drug-likeness (QED) is 0.854. The van der Waals surface area contributed by atoms with Crippen LogP contribution in [0.5, 0.6) is 0 Å². The fourth-order valence-electron chi connectivity index (χ4n) is 4.49. The Morgan fingerprint density at radius 1 is 1.29 bits per heavy atom. The second-order valence-corrected chi connectivity index (χ2v) is 7.37. The molecule has 0 aromatic heterocycles. The molecular weight excluding hydrogens is 363 g/mol. The Kier molecular flexibility index (Phi) is 4.18. The highest BCUT2D eigenvalue weighted by Crippen LogP contribution is 2.52. The zero-order valence-corrected chi connectivity index (χ0v) is 15.2. The summed E-state index contributed by atoms with van der Waals surface area (Å²) in [5, 5.41) is 12.1. The average Bonchev–Trinajstić information content (AvgIpc) is 2.92. The summed E-state index contributed by atoms with van der Waals surface area (Å²) < 4.78 is 14.0. The molecule has 2 atom stereocenters. The molecule has 144 valence electrons. The van der Waals surface area contributed by atoms with Crippen LogP contribution >= 0.6 is 0 Å². The molecule has 1 saturated heterocycles. The molecule has 2 amide bonds. The summed E-state index contributed by atoms with van der Waals surface area (Å²) in [5.41, 5.74) is 1.55. The zero-order valence-electron chi connectivity index (χ0n) is 15.2. The van der Waals surface area contributed by atoms with E-state index < -0.39 is 29.7 Å². The second kappa shape index (κ2) is 6.44. The van der Waals surface area contributed by atoms with Gasteiger partial charge in [0.15, 0.2) is 0 Å². The number of nitrogens with one attached hydrogen (secondary N) is 1. The SMILES string of the molecule is Cc1ccc(F)cc1C1CC(=O)N(CC(=O)O)CC12C(=O)Nc1ccccc12. The smallest absolute Gasteiger partial charge is 0.323 e. The summed E-state index contributed by atoms with van der Waals surface area (Å²) in [7, 11) is 0. The van der Waals surface area contributed by atoms with Crippen LogP contribution in [-0.2, 0) is 19.8 Å². The summed E-state index contributed by atoms with van der Waals surface area (Å²) >= 11 is 0. The number of hydrogen-bond acceptors (Lipinski definition) is 3. The lowest BCUT2D eigenvalue weighted by molar-refractivity contribution is -0.149. The first-order chi connectivity index (χ1) is 13.3. The number of piperidine rings is 1. The topological polar surface area (TPSA) is 86.7 Å². The molecule has 0 radical (unpaired) electrons. The number of halogens is 1. The number of fused-ring (bicyclic) bond motifs is 2. The first kappa shape index (κ1) is 18.2. The molecule has 2 aromatic rings. The van der Waals surface area contributed by atoms with Crippen LogP contribution < -0.4 is 5.32 Å². The fourth-order valence-corrected chi connectivity index (χ4v) is 4.49. The summed E-state index contributed by atoms with van der Waals surface area (Å²) in [6, 6.07) is 11.5. The van der Waals surface area contributed by atoms with Crippen LogP contribution in [0.3, 0.4) is 0 Å². The third-order valence-electron chi connectivity index (χ3n) is 5.77. The monoisotopic (exact) mass is 382 g/mol. The number of aliphatic carboxylic acids is 1. The molecule has 2 N–H and O–H groups in total. The number of rotatable bonds is 3. The highest BCUT2D eigenvalue weighted by atomic mass is 19.1. The molecule has 0 aliphatic carbocycles. The normalized spacial score (nSPS) is 23.6. The zero-order chi connectivity index (χ0) is 20.1. The number of aryl methyl sites for hydroxylation is 1. The van der Waals surface area contributed by atoms with Crippen molar-refractivity contribution in [2.24, 2.45) is 0 Å². The van der Waals surface area contributed by atoms with Gasteiger partial charge in [-0.15, -0.1) is 0 Å². The van der Waals surface area contributed by atoms with Crippen LogP contribution in [-0.4, -0.2) is 40.9 Å². The summed E-state index contributed by atoms with van der Waals surface area (Å²) in [5.74, 6) is -2.84. The molecule has 28 heavy (non-hydrogen) atoms. The van der Waals surface area contributed by atoms with Crippen LogP contribution in [0, 0.1) is 12.7 Å². The van der Waals surface area contributed by atoms with Crippen molar-refractivity contribution in [3.05, 3.63) is 65.0 Å². The van der Waals surface area contributed by atoms with Crippen molar-refractivity contribution in [3.63, 3.8) is 0 Å². The highest BCUT2D eigenvalue weighted by Gasteiger charge is 2.57. The van der Waals surface area contributed by atoms with Crippen LogP contribution in [0.2, 0.25) is 0 Å². The number of para-hydroxylation sites is 1. The minimum absolute atomic E-state index is 0.0679. The summed E-state index contributed by atoms with van der Waals surface area (Å²) in [4.78, 5) is 38.4. The van der Waals surface area contributed by atoms with E-state index in [2.05, 4.69) is 5.32 Å². The van der Waals surface area contributed by atoms with Gasteiger partial charge in [-0.3, -0.25) is 14.4 Å². The minimum atomic E-state index is -1.17. The number of carbonyl (C=O) groups excluding carboxylic acids is 2. The third kappa shape index (κ3) is 2.66. The number of carboxylic acids is 1. The molecule has 7 heteroatoms. The molecule has 0 bridgehead atoms. The maximum absolute atomic E-state index is 14.0. The lowest BCUT2D eigenvalue weighted by Gasteiger charge is -2.44. The average molecular weight is 382 g/mol. The van der Waals surface area contributed by atoms with Crippen LogP contribution in [0.1, 0.15) is 29.0 Å². The van der Waals surface area contributed by atoms with Crippen molar-refractivity contribution in [2.45, 2.75) is 24.7 Å². The van der Waals surface area contributed by atoms with Crippen LogP contribution in [0.15, 0.2) is 42.5 Å². The van der Waals surface area contributed by atoms with E-state index in [9.17, 15) is 23.9 Å². The predicted molar refractivity (Wildman–Crippen MR) is 99.5 cm³/mol. The van der Waals surface area contributed by atoms with Crippen molar-refractivity contribution in [2.75, 3.05) is 18.4 Å². The standard InChI is InChI=1S/C21H19FN2O4/c1-12-6-7-13(22)8-14(12)16-9-18(25)24(10-19(26)27)11-21(16)15-4-2-3-5-17(15)23-20(21)28/h2-8,16H,9-11H2,1H3,(H,23,28)(H,26,27). The third-order valence-corrected chi connectivity index (χ3v) is 5.77. The second-order valence-electron chi connectivity index (χ2n) is 7.37. The Balaban J connectivity index is 1.92. The van der Waals surface area contributed by atoms with Gasteiger partial charge in [-0.05, 0) is 41.8 Å². The van der Waals surface area contributed by atoms with E-state index in [1.54, 1.807) is 24.3 Å². The molecule has 0 saturated carbocycles. The number of nitrogens with zero attached hydrogens (tertiary/aromatic N) is 1. The molecule has 1 spiro atoms. The van der Waals surface area contributed by atoms with Gasteiger partial charge in [-0.2, -0.15) is 0 Å². The van der Waals surface area contributed by atoms with Gasteiger partial charge >= 0.3 is 5.97 Å². The summed E-state index contributed by atoms with van der Waals surface area (Å²) in [6.45, 7) is 1.27. The van der Waals surface area contributed by atoms with Crippen LogP contribution in [0.4, 0.5) is 10.1 Å². The van der Waals surface area contributed by atoms with E-state index in [1.807, 2.05) is 13.0 Å². The minimum Gasteiger partial charge on any atom is -0.480 e. The molecule has 6 nitrogen and oxygen atoms in total. The Morgan fingerprint density at radius 2 is 2.04 bits per heavy atom. The van der Waals surface area contributed by atoms with E-state index >= 15 is 0 Å². The van der Waals surface area contributed by atoms with Crippen molar-refractivity contribution in [1.82, 2.24) is 4.90 Å². The van der Waals surface area contributed by atoms with Gasteiger partial charge in [0.25, 0.3) is 0 Å². The van der Waals surface area contributed by atoms with Gasteiger partial charge in [0.1, 0.15) is 17.8 Å². The van der Waals surface area contributed by atoms with Crippen molar-refractivity contribution in [3.8, 4) is 0 Å². The number of benzene rings is 2. The lowest BCUT2D eigenvalue weighted by Crippen LogP contribution is -2.57. The van der Waals surface area contributed by atoms with Crippen molar-refractivity contribution < 1.29 is 23.9 Å². The Labute approximate surface area is 161 Å². The Hall–Kier alpha value is -3.22. The van der Waals surface area contributed by atoms with Crippen molar-refractivity contribution in [1.29, 1.82) is 0 Å². The Morgan fingerprint density at radius 3 is 2.79 bits per heavy atom. The highest BCUT2D eigenvalue weighted by molar-refractivity contribution is 6.08. The lowest BCUT2D eigenvalue weighted by atomic mass is 9.63. The maximum Gasteiger partial charge on any atom is 0.323 e. The maximum atomic E-state index is 14.0. The largest absolute Gasteiger partial charge is 0.480 e. The van der Waals surface area contributed by atoms with Gasteiger partial charge in [0.05, 0.1) is 0 Å². The van der Waals surface area contributed by atoms with Crippen LogP contribution in [0.25, 0.3) is 0 Å². The molecular formula is C21H19FN2O4. The fraction of sp³-hybridized carbons (Fsp3) is 0.286. The summed E-state index contributed by atoms with van der Waals surface area (Å²) in [6.07, 6.45) is -0.0701. The van der Waals surface area contributed by atoms with Gasteiger partial charge in [-0.25, -0.2) is 4.39 Å². The van der Waals surface area contributed by atoms with Gasteiger partial charge in [0, 0.05) is 24.6 Å². The van der Waals surface area contributed by atoms with Gasteiger partial charge in [-0.1, -0.05) is 24.3 Å². The molecule has 2 aliphatic rings. The van der Waals surface area contributed by atoms with Gasteiger partial charge < -0.3 is 15.3 Å². The van der Waals surface area contributed by atoms with E-state index in [4.69, 9.17) is 0 Å². The predicted octanol–water partition coefficient (Wildman–Crippen LogP) is 2.42. The van der Waals surface area contributed by atoms with Crippen molar-refractivity contribution >= 4 is 23.5 Å². The first-order valence-corrected chi connectivity index (χ1v) is 8.99. The number of likely N-dealkylation sites (tertiary alicyclic amines) is 1. The van der Waals surface area contributed by atoms with E-state index in [0.717, 1.165) is 5.56 Å². The van der Waals surface area contributed by atoms with Gasteiger partial charge in [0.2, 0.25) is 11.8 Å². The number of carbonyl (C=O) groups is 3. The van der Waals surface area contributed by atoms with E-state index in [0.29, 0.717) is 16.8 Å². The Bertz CT molecular complexity index is 1010. The molecule has 1 fully saturated rings. The number of hydrogen-bond donors (Lipinski definition) is 2. The molecule has 2 heterocycles. The molecule has 2 aromatic carbocycles. The first-order valence-electron chi connectivity index (χ1n) is 8.99. The molecule has 2 aliphatic heterocycles.